The number of benzene rings is 2. The maximum atomic E-state index is 5.71. The fourth-order valence-corrected chi connectivity index (χ4v) is 1.37. The highest BCUT2D eigenvalue weighted by atomic mass is 35.5. The number of hydrogen-bond donors (Lipinski definition) is 0. The van der Waals surface area contributed by atoms with E-state index in [0.29, 0.717) is 0 Å². The Morgan fingerprint density at radius 1 is 0.611 bits per heavy atom. The summed E-state index contributed by atoms with van der Waals surface area (Å²) in [5.74, 6) is 0. The van der Waals surface area contributed by atoms with Crippen molar-refractivity contribution >= 4 is 23.2 Å². The molecule has 0 spiro atoms. The summed E-state index contributed by atoms with van der Waals surface area (Å²) in [4.78, 5) is 0. The first-order valence-electron chi connectivity index (χ1n) is 6.03. The maximum Gasteiger partial charge on any atom is 0.0435 e. The van der Waals surface area contributed by atoms with Crippen LogP contribution in [0.2, 0.25) is 10.0 Å². The average molecular weight is 283 g/mol. The van der Waals surface area contributed by atoms with E-state index in [9.17, 15) is 0 Å². The van der Waals surface area contributed by atoms with E-state index in [1.807, 2.05) is 76.2 Å². The SMILES string of the molecule is CC.Cc1ccccc1Cl.Cc1ccccc1Cl. The van der Waals surface area contributed by atoms with Crippen molar-refractivity contribution in [2.45, 2.75) is 27.7 Å². The number of aryl methyl sites for hydroxylation is 2. The van der Waals surface area contributed by atoms with Gasteiger partial charge in [-0.2, -0.15) is 0 Å². The van der Waals surface area contributed by atoms with Crippen molar-refractivity contribution < 1.29 is 0 Å². The van der Waals surface area contributed by atoms with E-state index in [0.717, 1.165) is 21.2 Å². The first kappa shape index (κ1) is 17.0. The van der Waals surface area contributed by atoms with Gasteiger partial charge in [-0.3, -0.25) is 0 Å². The van der Waals surface area contributed by atoms with Gasteiger partial charge in [0, 0.05) is 10.0 Å². The molecule has 98 valence electrons. The molecular formula is C16H20Cl2. The first-order valence-corrected chi connectivity index (χ1v) is 6.79. The quantitative estimate of drug-likeness (QED) is 0.530. The minimum atomic E-state index is 0.840. The molecule has 0 amide bonds. The van der Waals surface area contributed by atoms with Crippen LogP contribution in [0.1, 0.15) is 25.0 Å². The zero-order valence-electron chi connectivity index (χ0n) is 11.4. The van der Waals surface area contributed by atoms with Gasteiger partial charge in [0.15, 0.2) is 0 Å². The minimum Gasteiger partial charge on any atom is -0.0841 e. The van der Waals surface area contributed by atoms with E-state index < -0.39 is 0 Å². The molecule has 0 N–H and O–H groups in total. The Labute approximate surface area is 121 Å². The van der Waals surface area contributed by atoms with Crippen molar-refractivity contribution in [1.82, 2.24) is 0 Å². The third kappa shape index (κ3) is 6.68. The van der Waals surface area contributed by atoms with E-state index in [1.165, 1.54) is 0 Å². The lowest BCUT2D eigenvalue weighted by molar-refractivity contribution is 1.47. The predicted molar refractivity (Wildman–Crippen MR) is 83.7 cm³/mol. The number of halogens is 2. The van der Waals surface area contributed by atoms with Gasteiger partial charge >= 0.3 is 0 Å². The summed E-state index contributed by atoms with van der Waals surface area (Å²) < 4.78 is 0. The Balaban J connectivity index is 0.000000283. The van der Waals surface area contributed by atoms with Gasteiger partial charge in [-0.15, -0.1) is 0 Å². The van der Waals surface area contributed by atoms with Crippen LogP contribution in [-0.2, 0) is 0 Å². The smallest absolute Gasteiger partial charge is 0.0435 e. The monoisotopic (exact) mass is 282 g/mol. The highest BCUT2D eigenvalue weighted by Gasteiger charge is 1.87. The predicted octanol–water partition coefficient (Wildman–Crippen LogP) is 6.32. The highest BCUT2D eigenvalue weighted by molar-refractivity contribution is 6.31. The molecule has 0 saturated carbocycles. The fourth-order valence-electron chi connectivity index (χ4n) is 1.10. The van der Waals surface area contributed by atoms with E-state index in [4.69, 9.17) is 23.2 Å². The van der Waals surface area contributed by atoms with Crippen LogP contribution in [0.5, 0.6) is 0 Å². The van der Waals surface area contributed by atoms with Gasteiger partial charge in [0.2, 0.25) is 0 Å². The minimum absolute atomic E-state index is 0.840. The van der Waals surface area contributed by atoms with Crippen molar-refractivity contribution in [3.8, 4) is 0 Å². The molecule has 0 unspecified atom stereocenters. The molecule has 2 aromatic carbocycles. The van der Waals surface area contributed by atoms with Crippen LogP contribution in [0.25, 0.3) is 0 Å². The van der Waals surface area contributed by atoms with Crippen LogP contribution >= 0.6 is 23.2 Å². The summed E-state index contributed by atoms with van der Waals surface area (Å²) >= 11 is 11.4. The highest BCUT2D eigenvalue weighted by Crippen LogP contribution is 2.12. The zero-order valence-corrected chi connectivity index (χ0v) is 12.9. The van der Waals surface area contributed by atoms with Gasteiger partial charge in [-0.25, -0.2) is 0 Å². The van der Waals surface area contributed by atoms with E-state index >= 15 is 0 Å². The van der Waals surface area contributed by atoms with E-state index in [-0.39, 0.29) is 0 Å². The van der Waals surface area contributed by atoms with Crippen LogP contribution < -0.4 is 0 Å². The summed E-state index contributed by atoms with van der Waals surface area (Å²) in [7, 11) is 0. The van der Waals surface area contributed by atoms with Crippen LogP contribution in [0.4, 0.5) is 0 Å². The van der Waals surface area contributed by atoms with Gasteiger partial charge in [0.05, 0.1) is 0 Å². The lowest BCUT2D eigenvalue weighted by atomic mass is 10.2. The van der Waals surface area contributed by atoms with Crippen molar-refractivity contribution in [3.63, 3.8) is 0 Å². The van der Waals surface area contributed by atoms with Crippen LogP contribution in [0, 0.1) is 13.8 Å². The molecule has 0 aliphatic carbocycles. The Bertz CT molecular complexity index is 365. The van der Waals surface area contributed by atoms with Gasteiger partial charge in [0.1, 0.15) is 0 Å². The van der Waals surface area contributed by atoms with E-state index in [2.05, 4.69) is 0 Å². The molecule has 0 aliphatic rings. The third-order valence-corrected chi connectivity index (χ3v) is 3.00. The second kappa shape index (κ2) is 9.99. The average Bonchev–Trinajstić information content (AvgIpc) is 2.40. The topological polar surface area (TPSA) is 0 Å². The molecule has 0 saturated heterocycles. The molecule has 0 aromatic heterocycles. The van der Waals surface area contributed by atoms with Gasteiger partial charge < -0.3 is 0 Å². The molecule has 0 bridgehead atoms. The van der Waals surface area contributed by atoms with Crippen LogP contribution in [0.15, 0.2) is 48.5 Å². The molecule has 2 aromatic rings. The summed E-state index contributed by atoms with van der Waals surface area (Å²) in [6.45, 7) is 7.98. The molecule has 0 heterocycles. The Kier molecular flexibility index (Phi) is 9.45. The second-order valence-corrected chi connectivity index (χ2v) is 4.31. The molecule has 2 rings (SSSR count). The summed E-state index contributed by atoms with van der Waals surface area (Å²) in [5.41, 5.74) is 2.27. The van der Waals surface area contributed by atoms with Crippen molar-refractivity contribution in [2.24, 2.45) is 0 Å². The number of rotatable bonds is 0. The van der Waals surface area contributed by atoms with E-state index in [1.54, 1.807) is 0 Å². The normalized spacial score (nSPS) is 8.56. The summed E-state index contributed by atoms with van der Waals surface area (Å²) in [6.07, 6.45) is 0. The Hall–Kier alpha value is -0.980. The summed E-state index contributed by atoms with van der Waals surface area (Å²) in [6, 6.07) is 15.5. The maximum absolute atomic E-state index is 5.71. The largest absolute Gasteiger partial charge is 0.0841 e. The molecule has 0 atom stereocenters. The third-order valence-electron chi connectivity index (χ3n) is 2.15. The lowest BCUT2D eigenvalue weighted by Crippen LogP contribution is -1.68. The fraction of sp³-hybridized carbons (Fsp3) is 0.250. The second-order valence-electron chi connectivity index (χ2n) is 3.50. The van der Waals surface area contributed by atoms with Crippen molar-refractivity contribution in [1.29, 1.82) is 0 Å². The van der Waals surface area contributed by atoms with Gasteiger partial charge in [0.25, 0.3) is 0 Å². The molecule has 0 aliphatic heterocycles. The first-order chi connectivity index (χ1) is 8.61. The van der Waals surface area contributed by atoms with Crippen LogP contribution in [0.3, 0.4) is 0 Å². The molecular weight excluding hydrogens is 263 g/mol. The zero-order chi connectivity index (χ0) is 14.0. The van der Waals surface area contributed by atoms with Crippen molar-refractivity contribution in [2.75, 3.05) is 0 Å². The molecule has 2 heteroatoms. The summed E-state index contributed by atoms with van der Waals surface area (Å²) in [5, 5.41) is 1.68. The molecule has 0 nitrogen and oxygen atoms in total. The molecule has 0 radical (unpaired) electrons. The van der Waals surface area contributed by atoms with Gasteiger partial charge in [-0.1, -0.05) is 73.4 Å². The Morgan fingerprint density at radius 3 is 1.06 bits per heavy atom. The lowest BCUT2D eigenvalue weighted by Gasteiger charge is -1.90. The van der Waals surface area contributed by atoms with Crippen molar-refractivity contribution in [3.05, 3.63) is 69.7 Å². The molecule has 0 fully saturated rings. The standard InChI is InChI=1S/2C7H7Cl.C2H6/c2*1-6-4-2-3-5-7(6)8;1-2/h2*2-5H,1H3;1-2H3. The number of hydrogen-bond acceptors (Lipinski definition) is 0. The van der Waals surface area contributed by atoms with Crippen LogP contribution in [-0.4, -0.2) is 0 Å². The Morgan fingerprint density at radius 2 is 0.889 bits per heavy atom. The van der Waals surface area contributed by atoms with Gasteiger partial charge in [-0.05, 0) is 37.1 Å². The molecule has 18 heavy (non-hydrogen) atoms.